The van der Waals surface area contributed by atoms with E-state index in [9.17, 15) is 0 Å². The molecule has 4 nitrogen and oxygen atoms in total. The van der Waals surface area contributed by atoms with Gasteiger partial charge in [-0.3, -0.25) is 9.88 Å². The van der Waals surface area contributed by atoms with Gasteiger partial charge in [-0.15, -0.1) is 0 Å². The van der Waals surface area contributed by atoms with Gasteiger partial charge in [-0.25, -0.2) is 0 Å². The molecule has 0 bridgehead atoms. The lowest BCUT2D eigenvalue weighted by Gasteiger charge is -2.34. The number of ether oxygens (including phenoxy) is 1. The van der Waals surface area contributed by atoms with Crippen molar-refractivity contribution in [1.82, 2.24) is 9.88 Å². The molecule has 1 aromatic carbocycles. The summed E-state index contributed by atoms with van der Waals surface area (Å²) in [5.41, 5.74) is 1.99. The number of benzene rings is 1. The predicted octanol–water partition coefficient (Wildman–Crippen LogP) is 3.66. The number of aromatic nitrogens is 1. The van der Waals surface area contributed by atoms with Crippen LogP contribution in [0.5, 0.6) is 0 Å². The number of nitrogens with one attached hydrogen (secondary N) is 1. The van der Waals surface area contributed by atoms with E-state index in [1.165, 1.54) is 0 Å². The zero-order chi connectivity index (χ0) is 16.2. The van der Waals surface area contributed by atoms with Gasteiger partial charge in [0.2, 0.25) is 0 Å². The number of fused-ring (bicyclic) bond motifs is 1. The van der Waals surface area contributed by atoms with Gasteiger partial charge in [-0.1, -0.05) is 25.4 Å². The Morgan fingerprint density at radius 2 is 2.26 bits per heavy atom. The van der Waals surface area contributed by atoms with E-state index >= 15 is 0 Å². The fourth-order valence-corrected chi connectivity index (χ4v) is 3.25. The maximum atomic E-state index is 6.04. The number of rotatable bonds is 5. The monoisotopic (exact) mass is 333 g/mol. The number of hydrogen-bond donors (Lipinski definition) is 1. The molecule has 2 aromatic rings. The van der Waals surface area contributed by atoms with Gasteiger partial charge in [0.15, 0.2) is 0 Å². The van der Waals surface area contributed by atoms with Crippen LogP contribution in [-0.2, 0) is 4.74 Å². The predicted molar refractivity (Wildman–Crippen MR) is 96.3 cm³/mol. The van der Waals surface area contributed by atoms with Gasteiger partial charge in [0.1, 0.15) is 0 Å². The summed E-state index contributed by atoms with van der Waals surface area (Å²) in [4.78, 5) is 6.87. The van der Waals surface area contributed by atoms with E-state index in [1.54, 1.807) is 0 Å². The van der Waals surface area contributed by atoms with E-state index in [4.69, 9.17) is 16.3 Å². The molecular formula is C18H24ClN3O. The van der Waals surface area contributed by atoms with E-state index in [0.29, 0.717) is 10.9 Å². The lowest BCUT2D eigenvalue weighted by atomic mass is 10.1. The summed E-state index contributed by atoms with van der Waals surface area (Å²) in [6.45, 7) is 9.29. The fourth-order valence-electron chi connectivity index (χ4n) is 3.09. The molecule has 23 heavy (non-hydrogen) atoms. The molecule has 1 aliphatic rings. The third-order valence-corrected chi connectivity index (χ3v) is 4.31. The van der Waals surface area contributed by atoms with Gasteiger partial charge in [-0.05, 0) is 30.2 Å². The maximum absolute atomic E-state index is 6.04. The molecule has 0 radical (unpaired) electrons. The highest BCUT2D eigenvalue weighted by Crippen LogP contribution is 2.24. The van der Waals surface area contributed by atoms with Crippen molar-refractivity contribution in [3.8, 4) is 0 Å². The van der Waals surface area contributed by atoms with E-state index in [-0.39, 0.29) is 6.10 Å². The number of nitrogens with zero attached hydrogens (tertiary/aromatic N) is 2. The molecule has 124 valence electrons. The Balaban J connectivity index is 1.64. The van der Waals surface area contributed by atoms with E-state index < -0.39 is 0 Å². The van der Waals surface area contributed by atoms with Crippen LogP contribution in [0.3, 0.4) is 0 Å². The van der Waals surface area contributed by atoms with Crippen LogP contribution in [0.25, 0.3) is 10.9 Å². The average Bonchev–Trinajstić information content (AvgIpc) is 2.52. The summed E-state index contributed by atoms with van der Waals surface area (Å²) in [5, 5.41) is 5.32. The summed E-state index contributed by atoms with van der Waals surface area (Å²) in [6.07, 6.45) is 2.03. The van der Waals surface area contributed by atoms with E-state index in [1.807, 2.05) is 30.5 Å². The molecule has 1 aliphatic heterocycles. The molecule has 1 N–H and O–H groups in total. The molecule has 1 unspecified atom stereocenters. The van der Waals surface area contributed by atoms with Gasteiger partial charge in [0.05, 0.1) is 18.2 Å². The minimum absolute atomic E-state index is 0.220. The first kappa shape index (κ1) is 16.5. The topological polar surface area (TPSA) is 37.4 Å². The zero-order valence-electron chi connectivity index (χ0n) is 13.8. The molecular weight excluding hydrogens is 310 g/mol. The second-order valence-electron chi connectivity index (χ2n) is 6.55. The van der Waals surface area contributed by atoms with Gasteiger partial charge in [0, 0.05) is 48.5 Å². The van der Waals surface area contributed by atoms with Crippen molar-refractivity contribution in [2.45, 2.75) is 20.0 Å². The van der Waals surface area contributed by atoms with Crippen molar-refractivity contribution in [1.29, 1.82) is 0 Å². The van der Waals surface area contributed by atoms with E-state index in [2.05, 4.69) is 29.0 Å². The first-order valence-electron chi connectivity index (χ1n) is 8.24. The highest BCUT2D eigenvalue weighted by Gasteiger charge is 2.20. The van der Waals surface area contributed by atoms with Crippen molar-refractivity contribution in [3.63, 3.8) is 0 Å². The summed E-state index contributed by atoms with van der Waals surface area (Å²) in [5.74, 6) is 0.690. The average molecular weight is 334 g/mol. The van der Waals surface area contributed by atoms with Crippen LogP contribution in [0, 0.1) is 5.92 Å². The molecule has 5 heteroatoms. The number of hydrogen-bond acceptors (Lipinski definition) is 4. The summed E-state index contributed by atoms with van der Waals surface area (Å²) >= 11 is 6.04. The van der Waals surface area contributed by atoms with Crippen LogP contribution in [0.2, 0.25) is 5.02 Å². The molecule has 0 saturated carbocycles. The summed E-state index contributed by atoms with van der Waals surface area (Å²) in [7, 11) is 0. The normalized spacial score (nSPS) is 19.4. The zero-order valence-corrected chi connectivity index (χ0v) is 14.5. The van der Waals surface area contributed by atoms with Crippen LogP contribution in [0.15, 0.2) is 30.5 Å². The van der Waals surface area contributed by atoms with Crippen molar-refractivity contribution < 1.29 is 4.74 Å². The molecule has 0 amide bonds. The Hall–Kier alpha value is -1.36. The molecule has 0 aliphatic carbocycles. The Morgan fingerprint density at radius 1 is 1.39 bits per heavy atom. The lowest BCUT2D eigenvalue weighted by molar-refractivity contribution is -0.0244. The van der Waals surface area contributed by atoms with Crippen LogP contribution in [-0.4, -0.2) is 48.8 Å². The van der Waals surface area contributed by atoms with Crippen molar-refractivity contribution in [2.75, 3.05) is 38.1 Å². The Labute approximate surface area is 142 Å². The standard InChI is InChI=1S/C18H24ClN3O/c1-13(2)11-22-7-8-23-15(12-22)10-21-17-5-6-20-18-9-14(19)3-4-16(17)18/h3-6,9,13,15H,7-8,10-12H2,1-2H3,(H,20,21). The highest BCUT2D eigenvalue weighted by atomic mass is 35.5. The van der Waals surface area contributed by atoms with Gasteiger partial charge < -0.3 is 10.1 Å². The Morgan fingerprint density at radius 3 is 3.09 bits per heavy atom. The van der Waals surface area contributed by atoms with Gasteiger partial charge in [0.25, 0.3) is 0 Å². The lowest BCUT2D eigenvalue weighted by Crippen LogP contribution is -2.46. The van der Waals surface area contributed by atoms with Crippen molar-refractivity contribution in [2.24, 2.45) is 5.92 Å². The number of anilines is 1. The molecule has 1 aromatic heterocycles. The molecule has 1 atom stereocenters. The molecule has 1 saturated heterocycles. The Bertz CT molecular complexity index is 662. The first-order valence-corrected chi connectivity index (χ1v) is 8.61. The van der Waals surface area contributed by atoms with Crippen LogP contribution in [0.4, 0.5) is 5.69 Å². The smallest absolute Gasteiger partial charge is 0.0874 e. The highest BCUT2D eigenvalue weighted by molar-refractivity contribution is 6.31. The number of pyridine rings is 1. The largest absolute Gasteiger partial charge is 0.382 e. The third-order valence-electron chi connectivity index (χ3n) is 4.07. The number of halogens is 1. The minimum Gasteiger partial charge on any atom is -0.382 e. The first-order chi connectivity index (χ1) is 11.1. The van der Waals surface area contributed by atoms with Gasteiger partial charge in [-0.2, -0.15) is 0 Å². The van der Waals surface area contributed by atoms with Crippen molar-refractivity contribution >= 4 is 28.2 Å². The molecule has 0 spiro atoms. The Kier molecular flexibility index (Phi) is 5.36. The van der Waals surface area contributed by atoms with Crippen LogP contribution < -0.4 is 5.32 Å². The minimum atomic E-state index is 0.220. The number of morpholine rings is 1. The molecule has 3 rings (SSSR count). The fraction of sp³-hybridized carbons (Fsp3) is 0.500. The maximum Gasteiger partial charge on any atom is 0.0874 e. The molecule has 2 heterocycles. The molecule has 1 fully saturated rings. The quantitative estimate of drug-likeness (QED) is 0.906. The second-order valence-corrected chi connectivity index (χ2v) is 6.98. The van der Waals surface area contributed by atoms with E-state index in [0.717, 1.165) is 49.4 Å². The van der Waals surface area contributed by atoms with Crippen LogP contribution in [0.1, 0.15) is 13.8 Å². The summed E-state index contributed by atoms with van der Waals surface area (Å²) in [6, 6.07) is 7.81. The van der Waals surface area contributed by atoms with Gasteiger partial charge >= 0.3 is 0 Å². The van der Waals surface area contributed by atoms with Crippen molar-refractivity contribution in [3.05, 3.63) is 35.5 Å². The SMILES string of the molecule is CC(C)CN1CCOC(CNc2ccnc3cc(Cl)ccc23)C1. The summed E-state index contributed by atoms with van der Waals surface area (Å²) < 4.78 is 5.90. The van der Waals surface area contributed by atoms with Crippen LogP contribution >= 0.6 is 11.6 Å². The second kappa shape index (κ2) is 7.47. The third kappa shape index (κ3) is 4.34.